The first kappa shape index (κ1) is 12.7. The van der Waals surface area contributed by atoms with E-state index in [0.717, 1.165) is 30.0 Å². The van der Waals surface area contributed by atoms with Gasteiger partial charge in [0.1, 0.15) is 5.75 Å². The highest BCUT2D eigenvalue weighted by atomic mass is 16.5. The van der Waals surface area contributed by atoms with Crippen LogP contribution in [0.15, 0.2) is 36.4 Å². The van der Waals surface area contributed by atoms with E-state index >= 15 is 0 Å². The number of benzene rings is 1. The van der Waals surface area contributed by atoms with Gasteiger partial charge in [-0.3, -0.25) is 0 Å². The molecule has 2 aliphatic carbocycles. The average molecular weight is 257 g/mol. The SMILES string of the molecule is COc1ccc(C(C)NCC2CC3C=CC2C3)cc1. The molecule has 1 aromatic rings. The summed E-state index contributed by atoms with van der Waals surface area (Å²) in [5.74, 6) is 3.47. The summed E-state index contributed by atoms with van der Waals surface area (Å²) in [6.07, 6.45) is 7.61. The Bertz CT molecular complexity index is 451. The summed E-state index contributed by atoms with van der Waals surface area (Å²) < 4.78 is 5.20. The van der Waals surface area contributed by atoms with Crippen LogP contribution in [-0.2, 0) is 0 Å². The average Bonchev–Trinajstić information content (AvgIpc) is 3.07. The van der Waals surface area contributed by atoms with Crippen molar-refractivity contribution in [3.8, 4) is 5.75 Å². The quantitative estimate of drug-likeness (QED) is 0.814. The Kier molecular flexibility index (Phi) is 3.61. The number of nitrogens with one attached hydrogen (secondary N) is 1. The Hall–Kier alpha value is -1.28. The van der Waals surface area contributed by atoms with Crippen LogP contribution >= 0.6 is 0 Å². The van der Waals surface area contributed by atoms with Crippen LogP contribution in [0.3, 0.4) is 0 Å². The maximum atomic E-state index is 5.20. The second kappa shape index (κ2) is 5.38. The minimum Gasteiger partial charge on any atom is -0.497 e. The number of ether oxygens (including phenoxy) is 1. The third kappa shape index (κ3) is 2.69. The molecule has 1 saturated carbocycles. The smallest absolute Gasteiger partial charge is 0.118 e. The molecular formula is C17H23NO. The van der Waals surface area contributed by atoms with E-state index in [-0.39, 0.29) is 0 Å². The highest BCUT2D eigenvalue weighted by Crippen LogP contribution is 2.43. The van der Waals surface area contributed by atoms with Crippen molar-refractivity contribution in [3.05, 3.63) is 42.0 Å². The Morgan fingerprint density at radius 1 is 1.21 bits per heavy atom. The van der Waals surface area contributed by atoms with Crippen molar-refractivity contribution in [1.82, 2.24) is 5.32 Å². The van der Waals surface area contributed by atoms with Gasteiger partial charge in [0.25, 0.3) is 0 Å². The number of allylic oxidation sites excluding steroid dienone is 2. The second-order valence-corrected chi connectivity index (χ2v) is 5.94. The van der Waals surface area contributed by atoms with E-state index < -0.39 is 0 Å². The predicted octanol–water partition coefficient (Wildman–Crippen LogP) is 3.56. The molecule has 1 fully saturated rings. The highest BCUT2D eigenvalue weighted by Gasteiger charge is 2.35. The molecule has 102 valence electrons. The molecule has 2 nitrogen and oxygen atoms in total. The van der Waals surface area contributed by atoms with Crippen LogP contribution in [0.4, 0.5) is 0 Å². The fourth-order valence-corrected chi connectivity index (χ4v) is 3.47. The van der Waals surface area contributed by atoms with E-state index in [1.807, 2.05) is 12.1 Å². The topological polar surface area (TPSA) is 21.3 Å². The fourth-order valence-electron chi connectivity index (χ4n) is 3.47. The van der Waals surface area contributed by atoms with E-state index in [9.17, 15) is 0 Å². The lowest BCUT2D eigenvalue weighted by molar-refractivity contribution is 0.392. The Morgan fingerprint density at radius 3 is 2.58 bits per heavy atom. The lowest BCUT2D eigenvalue weighted by Gasteiger charge is -2.22. The number of fused-ring (bicyclic) bond motifs is 2. The monoisotopic (exact) mass is 257 g/mol. The predicted molar refractivity (Wildman–Crippen MR) is 78.3 cm³/mol. The molecule has 0 saturated heterocycles. The van der Waals surface area contributed by atoms with E-state index in [2.05, 4.69) is 36.5 Å². The molecule has 0 heterocycles. The van der Waals surface area contributed by atoms with E-state index in [1.165, 1.54) is 18.4 Å². The molecule has 2 aliphatic rings. The molecule has 1 aromatic carbocycles. The zero-order valence-corrected chi connectivity index (χ0v) is 11.8. The van der Waals surface area contributed by atoms with Crippen LogP contribution in [0, 0.1) is 17.8 Å². The molecule has 0 aromatic heterocycles. The van der Waals surface area contributed by atoms with Crippen molar-refractivity contribution in [2.75, 3.05) is 13.7 Å². The molecule has 0 radical (unpaired) electrons. The Labute approximate surface area is 115 Å². The van der Waals surface area contributed by atoms with Crippen LogP contribution in [-0.4, -0.2) is 13.7 Å². The standard InChI is InChI=1S/C17H23NO/c1-12(14-5-7-17(19-2)8-6-14)18-11-16-10-13-3-4-15(16)9-13/h3-8,12-13,15-16,18H,9-11H2,1-2H3. The summed E-state index contributed by atoms with van der Waals surface area (Å²) >= 11 is 0. The van der Waals surface area contributed by atoms with Gasteiger partial charge >= 0.3 is 0 Å². The van der Waals surface area contributed by atoms with Crippen molar-refractivity contribution in [1.29, 1.82) is 0 Å². The summed E-state index contributed by atoms with van der Waals surface area (Å²) in [5.41, 5.74) is 1.33. The van der Waals surface area contributed by atoms with Crippen molar-refractivity contribution in [3.63, 3.8) is 0 Å². The van der Waals surface area contributed by atoms with Gasteiger partial charge in [-0.25, -0.2) is 0 Å². The van der Waals surface area contributed by atoms with Crippen LogP contribution in [0.2, 0.25) is 0 Å². The molecule has 19 heavy (non-hydrogen) atoms. The summed E-state index contributed by atoms with van der Waals surface area (Å²) in [5, 5.41) is 3.69. The van der Waals surface area contributed by atoms with Crippen LogP contribution in [0.5, 0.6) is 5.75 Å². The summed E-state index contributed by atoms with van der Waals surface area (Å²) in [6.45, 7) is 3.38. The molecule has 0 amide bonds. The Morgan fingerprint density at radius 2 is 2.00 bits per heavy atom. The first-order valence-electron chi connectivity index (χ1n) is 7.32. The van der Waals surface area contributed by atoms with Gasteiger partial charge in [-0.15, -0.1) is 0 Å². The lowest BCUT2D eigenvalue weighted by atomic mass is 9.93. The molecule has 3 rings (SSSR count). The zero-order valence-electron chi connectivity index (χ0n) is 11.8. The summed E-state index contributed by atoms with van der Waals surface area (Å²) in [4.78, 5) is 0. The maximum Gasteiger partial charge on any atom is 0.118 e. The number of methoxy groups -OCH3 is 1. The molecule has 2 bridgehead atoms. The first-order chi connectivity index (χ1) is 9.26. The highest BCUT2D eigenvalue weighted by molar-refractivity contribution is 5.28. The third-order valence-electron chi connectivity index (χ3n) is 4.72. The largest absolute Gasteiger partial charge is 0.497 e. The van der Waals surface area contributed by atoms with E-state index in [1.54, 1.807) is 7.11 Å². The van der Waals surface area contributed by atoms with Gasteiger partial charge < -0.3 is 10.1 Å². The molecule has 0 spiro atoms. The molecule has 4 unspecified atom stereocenters. The maximum absolute atomic E-state index is 5.20. The van der Waals surface area contributed by atoms with Gasteiger partial charge in [0.05, 0.1) is 7.11 Å². The minimum atomic E-state index is 0.411. The van der Waals surface area contributed by atoms with Crippen LogP contribution < -0.4 is 10.1 Å². The number of hydrogen-bond acceptors (Lipinski definition) is 2. The molecule has 0 aliphatic heterocycles. The fraction of sp³-hybridized carbons (Fsp3) is 0.529. The minimum absolute atomic E-state index is 0.411. The van der Waals surface area contributed by atoms with Crippen molar-refractivity contribution < 1.29 is 4.74 Å². The van der Waals surface area contributed by atoms with Crippen LogP contribution in [0.25, 0.3) is 0 Å². The lowest BCUT2D eigenvalue weighted by Crippen LogP contribution is -2.27. The van der Waals surface area contributed by atoms with Crippen molar-refractivity contribution in [2.45, 2.75) is 25.8 Å². The second-order valence-electron chi connectivity index (χ2n) is 5.94. The van der Waals surface area contributed by atoms with Gasteiger partial charge in [-0.1, -0.05) is 24.3 Å². The van der Waals surface area contributed by atoms with E-state index in [4.69, 9.17) is 4.74 Å². The normalized spacial score (nSPS) is 29.7. The molecule has 4 atom stereocenters. The van der Waals surface area contributed by atoms with E-state index in [0.29, 0.717) is 6.04 Å². The van der Waals surface area contributed by atoms with Crippen molar-refractivity contribution in [2.24, 2.45) is 17.8 Å². The van der Waals surface area contributed by atoms with Gasteiger partial charge in [-0.05, 0) is 61.8 Å². The summed E-state index contributed by atoms with van der Waals surface area (Å²) in [7, 11) is 1.71. The third-order valence-corrected chi connectivity index (χ3v) is 4.72. The van der Waals surface area contributed by atoms with Gasteiger partial charge in [0, 0.05) is 6.04 Å². The molecular weight excluding hydrogens is 234 g/mol. The van der Waals surface area contributed by atoms with Gasteiger partial charge in [0.2, 0.25) is 0 Å². The number of rotatable bonds is 5. The summed E-state index contributed by atoms with van der Waals surface area (Å²) in [6, 6.07) is 8.78. The number of hydrogen-bond donors (Lipinski definition) is 1. The van der Waals surface area contributed by atoms with Crippen LogP contribution in [0.1, 0.15) is 31.4 Å². The first-order valence-corrected chi connectivity index (χ1v) is 7.32. The molecule has 2 heteroatoms. The zero-order chi connectivity index (χ0) is 13.2. The Balaban J connectivity index is 1.53. The van der Waals surface area contributed by atoms with Gasteiger partial charge in [0.15, 0.2) is 0 Å². The molecule has 1 N–H and O–H groups in total. The van der Waals surface area contributed by atoms with Gasteiger partial charge in [-0.2, -0.15) is 0 Å². The van der Waals surface area contributed by atoms with Crippen molar-refractivity contribution >= 4 is 0 Å².